The van der Waals surface area contributed by atoms with Gasteiger partial charge in [-0.2, -0.15) is 0 Å². The molecule has 0 aromatic rings. The number of hydrogen-bond donors (Lipinski definition) is 1. The third-order valence-corrected chi connectivity index (χ3v) is 0.849. The average molecular weight is 165 g/mol. The van der Waals surface area contributed by atoms with Crippen molar-refractivity contribution in [2.24, 2.45) is 0 Å². The molecule has 0 amide bonds. The van der Waals surface area contributed by atoms with E-state index in [0.717, 1.165) is 12.2 Å². The van der Waals surface area contributed by atoms with Gasteiger partial charge in [-0.25, -0.2) is 9.00 Å². The van der Waals surface area contributed by atoms with E-state index in [2.05, 4.69) is 4.18 Å². The first kappa shape index (κ1) is 9.28. The topological polar surface area (TPSA) is 86.7 Å². The molecule has 0 spiro atoms. The van der Waals surface area contributed by atoms with Gasteiger partial charge in [0.25, 0.3) is 0 Å². The van der Waals surface area contributed by atoms with Crippen molar-refractivity contribution in [2.45, 2.75) is 0 Å². The van der Waals surface area contributed by atoms with E-state index in [1.54, 1.807) is 0 Å². The first-order valence-corrected chi connectivity index (χ1v) is 3.25. The van der Waals surface area contributed by atoms with Gasteiger partial charge in [-0.05, 0) is 0 Å². The Morgan fingerprint density at radius 1 is 1.80 bits per heavy atom. The molecule has 10 heavy (non-hydrogen) atoms. The van der Waals surface area contributed by atoms with E-state index in [9.17, 15) is 13.6 Å². The lowest BCUT2D eigenvalue weighted by atomic mass is 10.5. The van der Waals surface area contributed by atoms with E-state index >= 15 is 0 Å². The van der Waals surface area contributed by atoms with Gasteiger partial charge < -0.3 is 9.66 Å². The Morgan fingerprint density at radius 3 is 2.80 bits per heavy atom. The zero-order valence-electron chi connectivity index (χ0n) is 4.85. The summed E-state index contributed by atoms with van der Waals surface area (Å²) in [6, 6.07) is 0. The van der Waals surface area contributed by atoms with Crippen LogP contribution in [0.3, 0.4) is 0 Å². The molecule has 0 rings (SSSR count). The van der Waals surface area contributed by atoms with Crippen molar-refractivity contribution in [1.82, 2.24) is 0 Å². The maximum absolute atomic E-state index is 9.75. The van der Waals surface area contributed by atoms with Crippen LogP contribution in [-0.2, 0) is 20.3 Å². The van der Waals surface area contributed by atoms with E-state index in [4.69, 9.17) is 5.11 Å². The highest BCUT2D eigenvalue weighted by Gasteiger charge is 1.84. The largest absolute Gasteiger partial charge is 0.750 e. The summed E-state index contributed by atoms with van der Waals surface area (Å²) < 4.78 is 23.2. The minimum atomic E-state index is -2.57. The number of aliphatic carboxylic acids is 1. The Kier molecular flexibility index (Phi) is 4.73. The molecule has 0 fully saturated rings. The smallest absolute Gasteiger partial charge is 0.328 e. The van der Waals surface area contributed by atoms with Crippen LogP contribution in [0.5, 0.6) is 0 Å². The fourth-order valence-corrected chi connectivity index (χ4v) is 0.433. The molecule has 0 aliphatic heterocycles. The van der Waals surface area contributed by atoms with Crippen LogP contribution in [0.2, 0.25) is 0 Å². The molecule has 0 aliphatic carbocycles. The number of carboxylic acids is 1. The lowest BCUT2D eigenvalue weighted by Gasteiger charge is -2.00. The molecule has 0 radical (unpaired) electrons. The molecule has 1 atom stereocenters. The summed E-state index contributed by atoms with van der Waals surface area (Å²) in [5, 5.41) is 7.98. The zero-order chi connectivity index (χ0) is 7.98. The predicted molar refractivity (Wildman–Crippen MR) is 31.6 cm³/mol. The molecule has 0 saturated heterocycles. The molecule has 58 valence electrons. The van der Waals surface area contributed by atoms with Gasteiger partial charge in [-0.1, -0.05) is 6.08 Å². The van der Waals surface area contributed by atoms with Crippen molar-refractivity contribution in [1.29, 1.82) is 0 Å². The molecule has 1 N–H and O–H groups in total. The summed E-state index contributed by atoms with van der Waals surface area (Å²) in [5.74, 6) is -1.14. The second-order valence-corrected chi connectivity index (χ2v) is 1.87. The van der Waals surface area contributed by atoms with Gasteiger partial charge in [0.2, 0.25) is 0 Å². The van der Waals surface area contributed by atoms with Gasteiger partial charge in [0.15, 0.2) is 0 Å². The number of carboxylic acid groups (broad SMARTS) is 1. The third kappa shape index (κ3) is 7.28. The first-order chi connectivity index (χ1) is 4.63. The highest BCUT2D eigenvalue weighted by molar-refractivity contribution is 7.74. The van der Waals surface area contributed by atoms with Crippen molar-refractivity contribution < 1.29 is 22.8 Å². The van der Waals surface area contributed by atoms with Gasteiger partial charge in [-0.15, -0.1) is 0 Å². The van der Waals surface area contributed by atoms with Crippen LogP contribution in [-0.4, -0.2) is 26.4 Å². The summed E-state index contributed by atoms with van der Waals surface area (Å²) in [6.07, 6.45) is 1.88. The van der Waals surface area contributed by atoms with Crippen molar-refractivity contribution in [2.75, 3.05) is 6.61 Å². The van der Waals surface area contributed by atoms with E-state index in [1.807, 2.05) is 0 Å². The van der Waals surface area contributed by atoms with Gasteiger partial charge in [0.1, 0.15) is 0 Å². The summed E-state index contributed by atoms with van der Waals surface area (Å²) >= 11 is -2.57. The Morgan fingerprint density at radius 2 is 2.40 bits per heavy atom. The molecule has 5 nitrogen and oxygen atoms in total. The molecule has 0 saturated carbocycles. The highest BCUT2D eigenvalue weighted by atomic mass is 32.2. The summed E-state index contributed by atoms with van der Waals surface area (Å²) in [4.78, 5) is 9.75. The molecule has 6 heteroatoms. The highest BCUT2D eigenvalue weighted by Crippen LogP contribution is 1.80. The second-order valence-electron chi connectivity index (χ2n) is 1.23. The minimum absolute atomic E-state index is 0.248. The van der Waals surface area contributed by atoms with Crippen molar-refractivity contribution in [3.8, 4) is 0 Å². The Balaban J connectivity index is 3.36. The quantitative estimate of drug-likeness (QED) is 0.445. The second kappa shape index (κ2) is 5.10. The van der Waals surface area contributed by atoms with Crippen molar-refractivity contribution in [3.63, 3.8) is 0 Å². The molecule has 0 aromatic heterocycles. The van der Waals surface area contributed by atoms with Crippen LogP contribution in [0.1, 0.15) is 0 Å². The lowest BCUT2D eigenvalue weighted by molar-refractivity contribution is -0.131. The number of carbonyl (C=O) groups is 1. The maximum atomic E-state index is 9.75. The molecular weight excluding hydrogens is 160 g/mol. The fourth-order valence-electron chi connectivity index (χ4n) is 0.244. The van der Waals surface area contributed by atoms with Gasteiger partial charge in [0, 0.05) is 6.08 Å². The number of hydrogen-bond acceptors (Lipinski definition) is 4. The predicted octanol–water partition coefficient (Wildman–Crippen LogP) is -0.562. The molecular formula is C4H5O5S-. The average Bonchev–Trinajstić information content (AvgIpc) is 1.79. The maximum Gasteiger partial charge on any atom is 0.328 e. The lowest BCUT2D eigenvalue weighted by Crippen LogP contribution is -1.95. The minimum Gasteiger partial charge on any atom is -0.750 e. The first-order valence-electron chi connectivity index (χ1n) is 2.25. The molecule has 0 aliphatic rings. The van der Waals surface area contributed by atoms with Gasteiger partial charge >= 0.3 is 5.97 Å². The van der Waals surface area contributed by atoms with E-state index in [1.165, 1.54) is 0 Å². The summed E-state index contributed by atoms with van der Waals surface area (Å²) in [7, 11) is 0. The third-order valence-electron chi connectivity index (χ3n) is 0.521. The Bertz CT molecular complexity index is 163. The van der Waals surface area contributed by atoms with Crippen molar-refractivity contribution >= 4 is 17.3 Å². The SMILES string of the molecule is O=C(O)/C=C/COS(=O)[O-]. The monoisotopic (exact) mass is 165 g/mol. The normalized spacial score (nSPS) is 13.7. The molecule has 0 heterocycles. The fraction of sp³-hybridized carbons (Fsp3) is 0.250. The van der Waals surface area contributed by atoms with Crippen LogP contribution < -0.4 is 0 Å². The number of rotatable bonds is 4. The van der Waals surface area contributed by atoms with Crippen LogP contribution >= 0.6 is 0 Å². The van der Waals surface area contributed by atoms with Crippen LogP contribution in [0.15, 0.2) is 12.2 Å². The molecule has 1 unspecified atom stereocenters. The van der Waals surface area contributed by atoms with Crippen LogP contribution in [0, 0.1) is 0 Å². The van der Waals surface area contributed by atoms with Gasteiger partial charge in [0.05, 0.1) is 18.0 Å². The zero-order valence-corrected chi connectivity index (χ0v) is 5.67. The molecule has 0 bridgehead atoms. The van der Waals surface area contributed by atoms with Crippen LogP contribution in [0.4, 0.5) is 0 Å². The summed E-state index contributed by atoms with van der Waals surface area (Å²) in [5.41, 5.74) is 0. The summed E-state index contributed by atoms with van der Waals surface area (Å²) in [6.45, 7) is -0.248. The van der Waals surface area contributed by atoms with Gasteiger partial charge in [-0.3, -0.25) is 4.18 Å². The standard InChI is InChI=1S/C4H6O5S/c5-4(6)2-1-3-9-10(7)8/h1-2H,3H2,(H,5,6)(H,7,8)/p-1/b2-1+. The van der Waals surface area contributed by atoms with Crippen molar-refractivity contribution in [3.05, 3.63) is 12.2 Å². The van der Waals surface area contributed by atoms with Crippen LogP contribution in [0.25, 0.3) is 0 Å². The van der Waals surface area contributed by atoms with E-state index in [0.29, 0.717) is 0 Å². The Labute approximate surface area is 59.8 Å². The molecule has 0 aromatic carbocycles. The van der Waals surface area contributed by atoms with E-state index < -0.39 is 17.3 Å². The van der Waals surface area contributed by atoms with E-state index in [-0.39, 0.29) is 6.61 Å². The Hall–Kier alpha value is -0.720.